The van der Waals surface area contributed by atoms with Crippen molar-refractivity contribution in [2.75, 3.05) is 19.6 Å². The number of imidazole rings is 1. The third-order valence-electron chi connectivity index (χ3n) is 5.01. The zero-order chi connectivity index (χ0) is 19.3. The first kappa shape index (κ1) is 19.6. The number of aryl methyl sites for hydroxylation is 1. The van der Waals surface area contributed by atoms with E-state index in [4.69, 9.17) is 0 Å². The van der Waals surface area contributed by atoms with Crippen molar-refractivity contribution < 1.29 is 13.2 Å². The number of piperidine rings is 1. The molecule has 0 spiro atoms. The smallest absolute Gasteiger partial charge is 0.241 e. The Bertz CT molecular complexity index is 856. The first-order valence-corrected chi connectivity index (χ1v) is 10.8. The fourth-order valence-corrected chi connectivity index (χ4v) is 4.41. The van der Waals surface area contributed by atoms with Crippen LogP contribution in [0.15, 0.2) is 47.6 Å². The lowest BCUT2D eigenvalue weighted by molar-refractivity contribution is -0.131. The van der Waals surface area contributed by atoms with Crippen molar-refractivity contribution >= 4 is 15.9 Å². The highest BCUT2D eigenvalue weighted by molar-refractivity contribution is 7.89. The Morgan fingerprint density at radius 2 is 1.93 bits per heavy atom. The van der Waals surface area contributed by atoms with Crippen LogP contribution in [0.5, 0.6) is 0 Å². The third-order valence-corrected chi connectivity index (χ3v) is 6.42. The summed E-state index contributed by atoms with van der Waals surface area (Å²) in [4.78, 5) is 18.7. The van der Waals surface area contributed by atoms with Gasteiger partial charge < -0.3 is 9.47 Å². The van der Waals surface area contributed by atoms with Crippen LogP contribution in [-0.4, -0.2) is 48.4 Å². The topological polar surface area (TPSA) is 84.3 Å². The molecule has 8 heteroatoms. The zero-order valence-corrected chi connectivity index (χ0v) is 16.4. The normalized spacial score (nSPS) is 15.8. The number of nitrogens with zero attached hydrogens (tertiary/aromatic N) is 3. The van der Waals surface area contributed by atoms with E-state index in [-0.39, 0.29) is 17.3 Å². The standard InChI is InChI=1S/C19H26N4O3S/c1-2-18-20-10-13-23(18)15-16-8-11-22(12-9-16)19(24)14-21-27(25,26)17-6-4-3-5-7-17/h3-7,10,13,16,21H,2,8-9,11-12,14-15H2,1H3. The van der Waals surface area contributed by atoms with Crippen molar-refractivity contribution in [3.63, 3.8) is 0 Å². The van der Waals surface area contributed by atoms with Gasteiger partial charge in [0.1, 0.15) is 5.82 Å². The summed E-state index contributed by atoms with van der Waals surface area (Å²) < 4.78 is 29.0. The Balaban J connectivity index is 1.47. The number of aromatic nitrogens is 2. The van der Waals surface area contributed by atoms with Crippen LogP contribution in [0.3, 0.4) is 0 Å². The molecule has 0 radical (unpaired) electrons. The van der Waals surface area contributed by atoms with Crippen molar-refractivity contribution in [3.05, 3.63) is 48.5 Å². The maximum atomic E-state index is 12.4. The molecule has 1 aliphatic rings. The van der Waals surface area contributed by atoms with Gasteiger partial charge in [0, 0.05) is 38.4 Å². The molecular formula is C19H26N4O3S. The predicted octanol–water partition coefficient (Wildman–Crippen LogP) is 1.66. The molecule has 27 heavy (non-hydrogen) atoms. The van der Waals surface area contributed by atoms with Gasteiger partial charge in [-0.1, -0.05) is 25.1 Å². The molecule has 1 aliphatic heterocycles. The van der Waals surface area contributed by atoms with Crippen molar-refractivity contribution in [1.29, 1.82) is 0 Å². The number of nitrogens with one attached hydrogen (secondary N) is 1. The van der Waals surface area contributed by atoms with Crippen molar-refractivity contribution in [1.82, 2.24) is 19.2 Å². The number of hydrogen-bond acceptors (Lipinski definition) is 4. The van der Waals surface area contributed by atoms with E-state index in [2.05, 4.69) is 21.2 Å². The molecule has 0 unspecified atom stereocenters. The maximum absolute atomic E-state index is 12.4. The summed E-state index contributed by atoms with van der Waals surface area (Å²) >= 11 is 0. The minimum atomic E-state index is -3.65. The van der Waals surface area contributed by atoms with Gasteiger partial charge in [-0.15, -0.1) is 0 Å². The molecule has 0 aliphatic carbocycles. The fraction of sp³-hybridized carbons (Fsp3) is 0.474. The Hall–Kier alpha value is -2.19. The van der Waals surface area contributed by atoms with Gasteiger partial charge in [-0.25, -0.2) is 18.1 Å². The molecule has 1 aromatic heterocycles. The Morgan fingerprint density at radius 1 is 1.22 bits per heavy atom. The molecule has 1 fully saturated rings. The number of likely N-dealkylation sites (tertiary alicyclic amines) is 1. The summed E-state index contributed by atoms with van der Waals surface area (Å²) in [5, 5.41) is 0. The molecule has 7 nitrogen and oxygen atoms in total. The van der Waals surface area contributed by atoms with E-state index in [1.54, 1.807) is 23.1 Å². The highest BCUT2D eigenvalue weighted by Gasteiger charge is 2.24. The van der Waals surface area contributed by atoms with Crippen LogP contribution >= 0.6 is 0 Å². The summed E-state index contributed by atoms with van der Waals surface area (Å²) in [6.07, 6.45) is 6.58. The minimum Gasteiger partial charge on any atom is -0.342 e. The number of carbonyl (C=O) groups is 1. The Kier molecular flexibility index (Phi) is 6.28. The molecule has 1 N–H and O–H groups in total. The van der Waals surface area contributed by atoms with Crippen LogP contribution in [0, 0.1) is 5.92 Å². The number of amides is 1. The lowest BCUT2D eigenvalue weighted by Gasteiger charge is -2.32. The molecule has 2 heterocycles. The van der Waals surface area contributed by atoms with E-state index in [9.17, 15) is 13.2 Å². The molecule has 2 aromatic rings. The van der Waals surface area contributed by atoms with Gasteiger partial charge in [-0.05, 0) is 30.9 Å². The monoisotopic (exact) mass is 390 g/mol. The SMILES string of the molecule is CCc1nccn1CC1CCN(C(=O)CNS(=O)(=O)c2ccccc2)CC1. The van der Waals surface area contributed by atoms with Crippen LogP contribution < -0.4 is 4.72 Å². The van der Waals surface area contributed by atoms with Crippen LogP contribution in [0.2, 0.25) is 0 Å². The maximum Gasteiger partial charge on any atom is 0.241 e. The molecule has 1 aromatic carbocycles. The zero-order valence-electron chi connectivity index (χ0n) is 15.5. The van der Waals surface area contributed by atoms with Gasteiger partial charge in [0.15, 0.2) is 0 Å². The van der Waals surface area contributed by atoms with Gasteiger partial charge in [0.25, 0.3) is 0 Å². The summed E-state index contributed by atoms with van der Waals surface area (Å²) in [5.74, 6) is 1.42. The third kappa shape index (κ3) is 4.95. The Morgan fingerprint density at radius 3 is 2.59 bits per heavy atom. The van der Waals surface area contributed by atoms with E-state index in [0.717, 1.165) is 31.6 Å². The number of carbonyl (C=O) groups excluding carboxylic acids is 1. The minimum absolute atomic E-state index is 0.170. The lowest BCUT2D eigenvalue weighted by Crippen LogP contribution is -2.44. The second-order valence-corrected chi connectivity index (χ2v) is 8.58. The van der Waals surface area contributed by atoms with Gasteiger partial charge in [-0.2, -0.15) is 0 Å². The molecule has 1 amide bonds. The van der Waals surface area contributed by atoms with Crippen LogP contribution in [-0.2, 0) is 27.8 Å². The Labute approximate surface area is 160 Å². The molecule has 0 saturated carbocycles. The quantitative estimate of drug-likeness (QED) is 0.779. The van der Waals surface area contributed by atoms with Gasteiger partial charge >= 0.3 is 0 Å². The second kappa shape index (κ2) is 8.67. The molecule has 0 atom stereocenters. The number of benzene rings is 1. The summed E-state index contributed by atoms with van der Waals surface area (Å²) in [6, 6.07) is 8.09. The van der Waals surface area contributed by atoms with E-state index in [0.29, 0.717) is 19.0 Å². The molecule has 146 valence electrons. The first-order chi connectivity index (χ1) is 13.0. The van der Waals surface area contributed by atoms with Gasteiger partial charge in [-0.3, -0.25) is 4.79 Å². The largest absolute Gasteiger partial charge is 0.342 e. The summed E-state index contributed by atoms with van der Waals surface area (Å²) in [6.45, 7) is 4.13. The highest BCUT2D eigenvalue weighted by atomic mass is 32.2. The average molecular weight is 391 g/mol. The van der Waals surface area contributed by atoms with Crippen molar-refractivity contribution in [2.24, 2.45) is 5.92 Å². The highest BCUT2D eigenvalue weighted by Crippen LogP contribution is 2.20. The van der Waals surface area contributed by atoms with E-state index < -0.39 is 10.0 Å². The number of rotatable bonds is 7. The molecule has 1 saturated heterocycles. The average Bonchev–Trinajstić information content (AvgIpc) is 3.14. The second-order valence-electron chi connectivity index (χ2n) is 6.81. The van der Waals surface area contributed by atoms with E-state index in [1.165, 1.54) is 12.1 Å². The number of sulfonamides is 1. The van der Waals surface area contributed by atoms with Crippen molar-refractivity contribution in [2.45, 2.75) is 37.6 Å². The van der Waals surface area contributed by atoms with E-state index in [1.807, 2.05) is 12.4 Å². The summed E-state index contributed by atoms with van der Waals surface area (Å²) in [5.41, 5.74) is 0. The van der Waals surface area contributed by atoms with Crippen LogP contribution in [0.1, 0.15) is 25.6 Å². The summed E-state index contributed by atoms with van der Waals surface area (Å²) in [7, 11) is -3.65. The molecular weight excluding hydrogens is 364 g/mol. The van der Waals surface area contributed by atoms with Crippen molar-refractivity contribution in [3.8, 4) is 0 Å². The number of hydrogen-bond donors (Lipinski definition) is 1. The van der Waals surface area contributed by atoms with Crippen LogP contribution in [0.4, 0.5) is 0 Å². The molecule has 3 rings (SSSR count). The van der Waals surface area contributed by atoms with Gasteiger partial charge in [0.05, 0.1) is 11.4 Å². The first-order valence-electron chi connectivity index (χ1n) is 9.32. The fourth-order valence-electron chi connectivity index (χ4n) is 3.42. The van der Waals surface area contributed by atoms with Gasteiger partial charge in [0.2, 0.25) is 15.9 Å². The van der Waals surface area contributed by atoms with E-state index >= 15 is 0 Å². The van der Waals surface area contributed by atoms with Crippen LogP contribution in [0.25, 0.3) is 0 Å². The predicted molar refractivity (Wildman–Crippen MR) is 103 cm³/mol. The lowest BCUT2D eigenvalue weighted by atomic mass is 9.96. The molecule has 0 bridgehead atoms.